The Labute approximate surface area is 124 Å². The molecule has 0 radical (unpaired) electrons. The van der Waals surface area contributed by atoms with Gasteiger partial charge in [-0.1, -0.05) is 57.3 Å². The van der Waals surface area contributed by atoms with Crippen LogP contribution in [0.1, 0.15) is 5.56 Å². The van der Waals surface area contributed by atoms with Gasteiger partial charge in [0.1, 0.15) is 6.61 Å². The number of halogens is 3. The van der Waals surface area contributed by atoms with Crippen molar-refractivity contribution in [2.24, 2.45) is 0 Å². The summed E-state index contributed by atoms with van der Waals surface area (Å²) in [5, 5.41) is 0.819. The van der Waals surface area contributed by atoms with Crippen LogP contribution in [0, 0.1) is 0 Å². The number of hydrogen-bond donors (Lipinski definition) is 1. The van der Waals surface area contributed by atoms with Gasteiger partial charge in [-0.3, -0.25) is 0 Å². The molecule has 0 spiro atoms. The van der Waals surface area contributed by atoms with Crippen molar-refractivity contribution in [2.75, 3.05) is 5.73 Å². The lowest BCUT2D eigenvalue weighted by molar-refractivity contribution is 0.306. The number of hydrogen-bond acceptors (Lipinski definition) is 2. The smallest absolute Gasteiger partial charge is 0.157 e. The summed E-state index contributed by atoms with van der Waals surface area (Å²) in [6.45, 7) is 0.380. The molecule has 2 aromatic carbocycles. The van der Waals surface area contributed by atoms with E-state index in [1.54, 1.807) is 12.1 Å². The van der Waals surface area contributed by atoms with Crippen molar-refractivity contribution < 1.29 is 4.74 Å². The van der Waals surface area contributed by atoms with E-state index >= 15 is 0 Å². The van der Waals surface area contributed by atoms with Crippen molar-refractivity contribution >= 4 is 44.8 Å². The molecule has 0 saturated heterocycles. The first-order valence-electron chi connectivity index (χ1n) is 5.18. The van der Waals surface area contributed by atoms with E-state index in [-0.39, 0.29) is 0 Å². The first-order chi connectivity index (χ1) is 8.58. The molecule has 0 saturated carbocycles. The molecule has 0 fully saturated rings. The van der Waals surface area contributed by atoms with Gasteiger partial charge in [0.2, 0.25) is 0 Å². The highest BCUT2D eigenvalue weighted by atomic mass is 79.9. The van der Waals surface area contributed by atoms with Crippen LogP contribution in [0.2, 0.25) is 10.0 Å². The van der Waals surface area contributed by atoms with Gasteiger partial charge in [-0.05, 0) is 18.2 Å². The molecule has 0 bridgehead atoms. The van der Waals surface area contributed by atoms with E-state index < -0.39 is 0 Å². The van der Waals surface area contributed by atoms with Crippen LogP contribution in [0.5, 0.6) is 5.75 Å². The summed E-state index contributed by atoms with van der Waals surface area (Å²) < 4.78 is 6.62. The number of rotatable bonds is 3. The maximum Gasteiger partial charge on any atom is 0.157 e. The van der Waals surface area contributed by atoms with Crippen LogP contribution < -0.4 is 10.5 Å². The molecular formula is C13H10BrCl2NO. The molecular weight excluding hydrogens is 337 g/mol. The molecule has 2 N–H and O–H groups in total. The van der Waals surface area contributed by atoms with Crippen molar-refractivity contribution in [2.45, 2.75) is 6.61 Å². The topological polar surface area (TPSA) is 35.2 Å². The van der Waals surface area contributed by atoms with E-state index in [0.717, 1.165) is 10.0 Å². The van der Waals surface area contributed by atoms with Crippen LogP contribution in [0.3, 0.4) is 0 Å². The second-order valence-corrected chi connectivity index (χ2v) is 5.36. The van der Waals surface area contributed by atoms with Crippen molar-refractivity contribution in [3.05, 3.63) is 56.5 Å². The van der Waals surface area contributed by atoms with Gasteiger partial charge >= 0.3 is 0 Å². The van der Waals surface area contributed by atoms with E-state index in [9.17, 15) is 0 Å². The Morgan fingerprint density at radius 2 is 1.72 bits per heavy atom. The Hall–Kier alpha value is -0.900. The van der Waals surface area contributed by atoms with Crippen molar-refractivity contribution in [1.29, 1.82) is 0 Å². The number of nitrogens with two attached hydrogens (primary N) is 1. The monoisotopic (exact) mass is 345 g/mol. The molecule has 94 valence electrons. The number of anilines is 1. The maximum absolute atomic E-state index is 6.04. The standard InChI is InChI=1S/C13H10BrCl2NO/c14-10-4-2-1-3-8(10)7-18-13-11(15)5-9(17)6-12(13)16/h1-6H,7,17H2. The number of benzene rings is 2. The normalized spacial score (nSPS) is 10.4. The molecule has 2 rings (SSSR count). The summed E-state index contributed by atoms with van der Waals surface area (Å²) in [6, 6.07) is 11.0. The Morgan fingerprint density at radius 1 is 1.11 bits per heavy atom. The highest BCUT2D eigenvalue weighted by Gasteiger charge is 2.09. The van der Waals surface area contributed by atoms with Crippen LogP contribution in [0.25, 0.3) is 0 Å². The summed E-state index contributed by atoms with van der Waals surface area (Å²) in [4.78, 5) is 0. The van der Waals surface area contributed by atoms with Crippen molar-refractivity contribution in [3.63, 3.8) is 0 Å². The van der Waals surface area contributed by atoms with Crippen molar-refractivity contribution in [1.82, 2.24) is 0 Å². The van der Waals surface area contributed by atoms with E-state index in [1.165, 1.54) is 0 Å². The highest BCUT2D eigenvalue weighted by Crippen LogP contribution is 2.35. The molecule has 0 unspecified atom stereocenters. The quantitative estimate of drug-likeness (QED) is 0.801. The van der Waals surface area contributed by atoms with E-state index in [0.29, 0.717) is 28.1 Å². The average Bonchev–Trinajstić information content (AvgIpc) is 2.30. The summed E-state index contributed by atoms with van der Waals surface area (Å²) in [6.07, 6.45) is 0. The van der Waals surface area contributed by atoms with Crippen molar-refractivity contribution in [3.8, 4) is 5.75 Å². The van der Waals surface area contributed by atoms with Gasteiger partial charge in [-0.25, -0.2) is 0 Å². The van der Waals surface area contributed by atoms with E-state index in [4.69, 9.17) is 33.7 Å². The van der Waals surface area contributed by atoms with Gasteiger partial charge in [0, 0.05) is 15.7 Å². The zero-order valence-electron chi connectivity index (χ0n) is 9.29. The fourth-order valence-corrected chi connectivity index (χ4v) is 2.50. The lowest BCUT2D eigenvalue weighted by Crippen LogP contribution is -1.98. The fourth-order valence-electron chi connectivity index (χ4n) is 1.48. The molecule has 5 heteroatoms. The van der Waals surface area contributed by atoms with Gasteiger partial charge < -0.3 is 10.5 Å². The lowest BCUT2D eigenvalue weighted by Gasteiger charge is -2.11. The summed E-state index contributed by atoms with van der Waals surface area (Å²) in [7, 11) is 0. The second-order valence-electron chi connectivity index (χ2n) is 3.69. The van der Waals surface area contributed by atoms with Gasteiger partial charge in [-0.2, -0.15) is 0 Å². The first kappa shape index (κ1) is 13.5. The number of ether oxygens (including phenoxy) is 1. The van der Waals surface area contributed by atoms with E-state index in [2.05, 4.69) is 15.9 Å². The van der Waals surface area contributed by atoms with Crippen LogP contribution in [-0.4, -0.2) is 0 Å². The molecule has 0 atom stereocenters. The summed E-state index contributed by atoms with van der Waals surface area (Å²) in [5.41, 5.74) is 7.16. The minimum Gasteiger partial charge on any atom is -0.486 e. The Kier molecular flexibility index (Phi) is 4.38. The van der Waals surface area contributed by atoms with Crippen LogP contribution in [-0.2, 0) is 6.61 Å². The number of nitrogen functional groups attached to an aromatic ring is 1. The second kappa shape index (κ2) is 5.83. The molecule has 0 aliphatic heterocycles. The molecule has 18 heavy (non-hydrogen) atoms. The Morgan fingerprint density at radius 3 is 2.33 bits per heavy atom. The van der Waals surface area contributed by atoms with Crippen LogP contribution in [0.4, 0.5) is 5.69 Å². The minimum atomic E-state index is 0.380. The Balaban J connectivity index is 2.19. The van der Waals surface area contributed by atoms with Crippen LogP contribution >= 0.6 is 39.1 Å². The first-order valence-corrected chi connectivity index (χ1v) is 6.73. The molecule has 0 aromatic heterocycles. The summed E-state index contributed by atoms with van der Waals surface area (Å²) in [5.74, 6) is 0.447. The average molecular weight is 347 g/mol. The fraction of sp³-hybridized carbons (Fsp3) is 0.0769. The Bertz CT molecular complexity index is 552. The molecule has 2 aromatic rings. The van der Waals surface area contributed by atoms with E-state index in [1.807, 2.05) is 24.3 Å². The lowest BCUT2D eigenvalue weighted by atomic mass is 10.2. The van der Waals surface area contributed by atoms with Gasteiger partial charge in [0.05, 0.1) is 10.0 Å². The predicted molar refractivity (Wildman–Crippen MR) is 79.3 cm³/mol. The molecule has 0 amide bonds. The zero-order chi connectivity index (χ0) is 13.1. The minimum absolute atomic E-state index is 0.380. The third kappa shape index (κ3) is 3.10. The molecule has 0 aliphatic carbocycles. The zero-order valence-corrected chi connectivity index (χ0v) is 12.4. The maximum atomic E-state index is 6.04. The third-order valence-corrected chi connectivity index (χ3v) is 3.69. The summed E-state index contributed by atoms with van der Waals surface area (Å²) >= 11 is 15.5. The highest BCUT2D eigenvalue weighted by molar-refractivity contribution is 9.10. The molecule has 0 heterocycles. The van der Waals surface area contributed by atoms with Gasteiger partial charge in [-0.15, -0.1) is 0 Å². The molecule has 2 nitrogen and oxygen atoms in total. The van der Waals surface area contributed by atoms with Gasteiger partial charge in [0.25, 0.3) is 0 Å². The van der Waals surface area contributed by atoms with Crippen LogP contribution in [0.15, 0.2) is 40.9 Å². The largest absolute Gasteiger partial charge is 0.486 e. The van der Waals surface area contributed by atoms with Gasteiger partial charge in [0.15, 0.2) is 5.75 Å². The third-order valence-electron chi connectivity index (χ3n) is 2.35. The molecule has 0 aliphatic rings. The SMILES string of the molecule is Nc1cc(Cl)c(OCc2ccccc2Br)c(Cl)c1. The predicted octanol–water partition coefficient (Wildman–Crippen LogP) is 4.92.